The molecule has 2 heterocycles. The highest BCUT2D eigenvalue weighted by atomic mass is 35.5. The molecule has 3 N–H and O–H groups in total. The van der Waals surface area contributed by atoms with E-state index in [1.54, 1.807) is 18.3 Å². The monoisotopic (exact) mass is 560 g/mol. The first-order valence-electron chi connectivity index (χ1n) is 12.5. The number of carbonyl (C=O) groups is 2. The first kappa shape index (κ1) is 28.3. The Morgan fingerprint density at radius 1 is 1.23 bits per heavy atom. The van der Waals surface area contributed by atoms with Crippen molar-refractivity contribution in [3.63, 3.8) is 0 Å². The molecule has 1 aliphatic rings. The van der Waals surface area contributed by atoms with E-state index >= 15 is 0 Å². The summed E-state index contributed by atoms with van der Waals surface area (Å²) in [6.07, 6.45) is 2.06. The second-order valence-corrected chi connectivity index (χ2v) is 10.3. The maximum atomic E-state index is 13.3. The summed E-state index contributed by atoms with van der Waals surface area (Å²) in [5, 5.41) is 12.9. The quantitative estimate of drug-likeness (QED) is 0.319. The number of hydrogen-bond donors (Lipinski definition) is 3. The molecule has 1 atom stereocenters. The Morgan fingerprint density at radius 2 is 1.95 bits per heavy atom. The van der Waals surface area contributed by atoms with Crippen LogP contribution in [0.3, 0.4) is 0 Å². The molecule has 1 aliphatic heterocycles. The van der Waals surface area contributed by atoms with Gasteiger partial charge in [0.05, 0.1) is 11.4 Å². The van der Waals surface area contributed by atoms with Crippen LogP contribution in [-0.2, 0) is 11.2 Å². The first-order valence-corrected chi connectivity index (χ1v) is 12.9. The highest BCUT2D eigenvalue weighted by molar-refractivity contribution is 6.20. The van der Waals surface area contributed by atoms with Crippen LogP contribution in [-0.4, -0.2) is 71.7 Å². The number of H-pyrrole nitrogens is 1. The number of aromatic amines is 1. The molecule has 3 aromatic rings. The van der Waals surface area contributed by atoms with Gasteiger partial charge in [-0.2, -0.15) is 5.10 Å². The van der Waals surface area contributed by atoms with Gasteiger partial charge in [0.25, 0.3) is 5.91 Å². The third-order valence-electron chi connectivity index (χ3n) is 6.31. The van der Waals surface area contributed by atoms with Crippen LogP contribution in [0.25, 0.3) is 11.3 Å². The fourth-order valence-corrected chi connectivity index (χ4v) is 4.75. The van der Waals surface area contributed by atoms with Gasteiger partial charge in [-0.3, -0.25) is 14.7 Å². The smallest absolute Gasteiger partial charge is 0.420 e. The Bertz CT molecular complexity index is 1310. The maximum Gasteiger partial charge on any atom is 0.487 e. The minimum atomic E-state index is -3.83. The van der Waals surface area contributed by atoms with E-state index in [4.69, 9.17) is 11.6 Å². The van der Waals surface area contributed by atoms with Crippen molar-refractivity contribution in [1.82, 2.24) is 20.4 Å². The summed E-state index contributed by atoms with van der Waals surface area (Å²) in [5.74, 6) is -0.617. The average Bonchev–Trinajstić information content (AvgIpc) is 3.52. The highest BCUT2D eigenvalue weighted by Gasteiger charge is 2.38. The summed E-state index contributed by atoms with van der Waals surface area (Å²) >= 11 is 4.81. The van der Waals surface area contributed by atoms with Crippen molar-refractivity contribution in [3.05, 3.63) is 59.8 Å². The normalized spacial score (nSPS) is 15.0. The maximum absolute atomic E-state index is 13.3. The molecule has 2 aromatic carbocycles. The number of halogens is 3. The number of anilines is 2. The Kier molecular flexibility index (Phi) is 8.41. The number of amides is 2. The first-order chi connectivity index (χ1) is 18.4. The molecule has 0 spiro atoms. The van der Waals surface area contributed by atoms with Crippen LogP contribution in [0.4, 0.5) is 20.2 Å². The second kappa shape index (κ2) is 11.6. The van der Waals surface area contributed by atoms with E-state index in [0.29, 0.717) is 29.9 Å². The second-order valence-electron chi connectivity index (χ2n) is 9.84. The molecular weight excluding hydrogens is 530 g/mol. The van der Waals surface area contributed by atoms with E-state index < -0.39 is 17.5 Å². The van der Waals surface area contributed by atoms with Gasteiger partial charge in [0.15, 0.2) is 0 Å². The van der Waals surface area contributed by atoms with Crippen molar-refractivity contribution in [3.8, 4) is 17.0 Å². The average molecular weight is 561 g/mol. The molecule has 0 fully saturated rings. The summed E-state index contributed by atoms with van der Waals surface area (Å²) in [7, 11) is 3.89. The van der Waals surface area contributed by atoms with E-state index in [0.717, 1.165) is 23.4 Å². The summed E-state index contributed by atoms with van der Waals surface area (Å²) in [6, 6.07) is 10.4. The number of alkyl halides is 3. The third kappa shape index (κ3) is 6.85. The van der Waals surface area contributed by atoms with Crippen molar-refractivity contribution in [2.24, 2.45) is 0 Å². The van der Waals surface area contributed by atoms with Gasteiger partial charge in [-0.1, -0.05) is 0 Å². The Hall–Kier alpha value is -3.70. The molecule has 208 valence electrons. The largest absolute Gasteiger partial charge is 0.487 e. The summed E-state index contributed by atoms with van der Waals surface area (Å²) in [6.45, 7) is 5.30. The van der Waals surface area contributed by atoms with Crippen molar-refractivity contribution in [2.75, 3.05) is 37.4 Å². The number of hydrogen-bond acceptors (Lipinski definition) is 6. The van der Waals surface area contributed by atoms with E-state index in [9.17, 15) is 18.4 Å². The molecule has 0 bridgehead atoms. The minimum absolute atomic E-state index is 0.0123. The number of likely N-dealkylation sites (N-methyl/N-ethyl adjacent to an activating group) is 1. The van der Waals surface area contributed by atoms with Gasteiger partial charge in [0.1, 0.15) is 11.8 Å². The zero-order chi connectivity index (χ0) is 28.3. The zero-order valence-electron chi connectivity index (χ0n) is 22.1. The molecule has 4 rings (SSSR count). The molecule has 12 heteroatoms. The lowest BCUT2D eigenvalue weighted by Crippen LogP contribution is -2.49. The van der Waals surface area contributed by atoms with E-state index in [-0.39, 0.29) is 17.7 Å². The SMILES string of the molecule is CC(C)N1c2c(cc(C(=O)Nc3ccc(OC(F)(F)Cl)cc3)cc2-c2ccn[nH]2)CC1C(=O)NCCN(C)C. The highest BCUT2D eigenvalue weighted by Crippen LogP contribution is 2.42. The van der Waals surface area contributed by atoms with Gasteiger partial charge in [-0.25, -0.2) is 0 Å². The number of nitrogens with one attached hydrogen (secondary N) is 3. The van der Waals surface area contributed by atoms with Gasteiger partial charge in [-0.15, -0.1) is 8.78 Å². The van der Waals surface area contributed by atoms with Crippen LogP contribution in [0, 0.1) is 0 Å². The molecule has 2 amide bonds. The van der Waals surface area contributed by atoms with Crippen LogP contribution in [0.15, 0.2) is 48.7 Å². The van der Waals surface area contributed by atoms with Crippen molar-refractivity contribution in [1.29, 1.82) is 0 Å². The standard InChI is InChI=1S/C27H31ClF2N6O3/c1-16(2)36-23(26(38)31-11-12-35(3)4)15-17-13-18(14-21(24(17)36)22-9-10-32-34-22)25(37)33-19-5-7-20(8-6-19)39-27(28,29)30/h5-10,13-14,16,23H,11-12,15H2,1-4H3,(H,31,38)(H,32,34)(H,33,37). The molecule has 39 heavy (non-hydrogen) atoms. The lowest BCUT2D eigenvalue weighted by atomic mass is 9.99. The lowest BCUT2D eigenvalue weighted by Gasteiger charge is -2.32. The summed E-state index contributed by atoms with van der Waals surface area (Å²) < 4.78 is 30.1. The summed E-state index contributed by atoms with van der Waals surface area (Å²) in [5.41, 5.74) is 0.135. The molecule has 9 nitrogen and oxygen atoms in total. The molecule has 0 aliphatic carbocycles. The van der Waals surface area contributed by atoms with Crippen LogP contribution in [0.2, 0.25) is 0 Å². The topological polar surface area (TPSA) is 103 Å². The molecule has 0 saturated carbocycles. The Balaban J connectivity index is 1.63. The van der Waals surface area contributed by atoms with Crippen molar-refractivity contribution < 1.29 is 23.1 Å². The van der Waals surface area contributed by atoms with E-state index in [1.807, 2.05) is 38.9 Å². The molecule has 1 unspecified atom stereocenters. The predicted octanol–water partition coefficient (Wildman–Crippen LogP) is 4.31. The van der Waals surface area contributed by atoms with Gasteiger partial charge in [0.2, 0.25) is 5.91 Å². The molecular formula is C27H31ClF2N6O3. The van der Waals surface area contributed by atoms with Gasteiger partial charge < -0.3 is 25.2 Å². The number of benzene rings is 2. The van der Waals surface area contributed by atoms with E-state index in [1.165, 1.54) is 24.3 Å². The van der Waals surface area contributed by atoms with Crippen LogP contribution in [0.5, 0.6) is 5.75 Å². The van der Waals surface area contributed by atoms with Crippen LogP contribution >= 0.6 is 11.6 Å². The van der Waals surface area contributed by atoms with E-state index in [2.05, 4.69) is 30.5 Å². The van der Waals surface area contributed by atoms with Crippen molar-refractivity contribution >= 4 is 34.8 Å². The fourth-order valence-electron chi connectivity index (χ4n) is 4.66. The number of ether oxygens (including phenoxy) is 1. The molecule has 1 aromatic heterocycles. The fraction of sp³-hybridized carbons (Fsp3) is 0.370. The number of rotatable bonds is 10. The number of carbonyl (C=O) groups excluding carboxylic acids is 2. The Morgan fingerprint density at radius 3 is 2.54 bits per heavy atom. The Labute approximate surface area is 230 Å². The number of fused-ring (bicyclic) bond motifs is 1. The van der Waals surface area contributed by atoms with Gasteiger partial charge >= 0.3 is 5.57 Å². The molecule has 0 saturated heterocycles. The number of nitrogens with zero attached hydrogens (tertiary/aromatic N) is 3. The third-order valence-corrected chi connectivity index (χ3v) is 6.39. The lowest BCUT2D eigenvalue weighted by molar-refractivity contribution is -0.122. The van der Waals surface area contributed by atoms with Gasteiger partial charge in [-0.05, 0) is 76.0 Å². The number of aromatic nitrogens is 2. The van der Waals surface area contributed by atoms with Crippen molar-refractivity contribution in [2.45, 2.75) is 37.9 Å². The van der Waals surface area contributed by atoms with Crippen LogP contribution in [0.1, 0.15) is 29.8 Å². The van der Waals surface area contributed by atoms with Gasteiger partial charge in [0, 0.05) is 60.2 Å². The zero-order valence-corrected chi connectivity index (χ0v) is 22.9. The minimum Gasteiger partial charge on any atom is -0.420 e. The van der Waals surface area contributed by atoms with Crippen LogP contribution < -0.4 is 20.3 Å². The predicted molar refractivity (Wildman–Crippen MR) is 147 cm³/mol. The summed E-state index contributed by atoms with van der Waals surface area (Å²) in [4.78, 5) is 30.6. The molecule has 0 radical (unpaired) electrons.